The molecule has 0 aliphatic heterocycles. The molecule has 1 heterocycles. The average molecular weight is 385 g/mol. The van der Waals surface area contributed by atoms with Crippen LogP contribution in [0, 0.1) is 26.6 Å². The molecule has 8 heteroatoms. The SMILES string of the molecule is Cc1ccc(-n2nnnc2S[C@H](C)C(=O)Nc2ccc(C)c(F)c2)cc1C. The highest BCUT2D eigenvalue weighted by Crippen LogP contribution is 2.25. The van der Waals surface area contributed by atoms with Gasteiger partial charge in [0, 0.05) is 5.69 Å². The van der Waals surface area contributed by atoms with E-state index in [2.05, 4.69) is 20.8 Å². The van der Waals surface area contributed by atoms with Crippen LogP contribution in [0.2, 0.25) is 0 Å². The van der Waals surface area contributed by atoms with Gasteiger partial charge in [0.05, 0.1) is 10.9 Å². The number of tetrazole rings is 1. The largest absolute Gasteiger partial charge is 0.325 e. The summed E-state index contributed by atoms with van der Waals surface area (Å²) in [5, 5.41) is 14.5. The Bertz CT molecular complexity index is 988. The number of thioether (sulfide) groups is 1. The van der Waals surface area contributed by atoms with E-state index in [-0.39, 0.29) is 11.7 Å². The lowest BCUT2D eigenvalue weighted by Crippen LogP contribution is -2.23. The summed E-state index contributed by atoms with van der Waals surface area (Å²) in [6.45, 7) is 7.48. The van der Waals surface area contributed by atoms with E-state index < -0.39 is 5.25 Å². The first kappa shape index (κ1) is 19.0. The molecular formula is C19H20FN5OS. The number of amides is 1. The predicted octanol–water partition coefficient (Wildman–Crippen LogP) is 3.85. The van der Waals surface area contributed by atoms with Crippen molar-refractivity contribution in [3.8, 4) is 5.69 Å². The molecule has 6 nitrogen and oxygen atoms in total. The molecule has 0 saturated heterocycles. The Morgan fingerprint density at radius 3 is 2.56 bits per heavy atom. The van der Waals surface area contributed by atoms with Crippen LogP contribution >= 0.6 is 11.8 Å². The van der Waals surface area contributed by atoms with Crippen LogP contribution in [0.15, 0.2) is 41.6 Å². The van der Waals surface area contributed by atoms with Gasteiger partial charge in [0.25, 0.3) is 0 Å². The number of halogens is 1. The van der Waals surface area contributed by atoms with Crippen molar-refractivity contribution >= 4 is 23.4 Å². The van der Waals surface area contributed by atoms with Crippen LogP contribution in [0.1, 0.15) is 23.6 Å². The Morgan fingerprint density at radius 2 is 1.85 bits per heavy atom. The lowest BCUT2D eigenvalue weighted by molar-refractivity contribution is -0.115. The van der Waals surface area contributed by atoms with Gasteiger partial charge in [0.1, 0.15) is 5.82 Å². The summed E-state index contributed by atoms with van der Waals surface area (Å²) >= 11 is 1.24. The Kier molecular flexibility index (Phi) is 5.55. The van der Waals surface area contributed by atoms with Crippen LogP contribution < -0.4 is 5.32 Å². The monoisotopic (exact) mass is 385 g/mol. The summed E-state index contributed by atoms with van der Waals surface area (Å²) in [6.07, 6.45) is 0. The van der Waals surface area contributed by atoms with E-state index in [4.69, 9.17) is 0 Å². The van der Waals surface area contributed by atoms with Crippen molar-refractivity contribution in [3.05, 3.63) is 58.9 Å². The van der Waals surface area contributed by atoms with E-state index in [1.54, 1.807) is 30.7 Å². The minimum Gasteiger partial charge on any atom is -0.325 e. The normalized spacial score (nSPS) is 12.0. The third kappa shape index (κ3) is 4.33. The minimum atomic E-state index is -0.467. The molecule has 2 aromatic carbocycles. The molecule has 3 rings (SSSR count). The number of hydrogen-bond donors (Lipinski definition) is 1. The summed E-state index contributed by atoms with van der Waals surface area (Å²) < 4.78 is 15.3. The van der Waals surface area contributed by atoms with Gasteiger partial charge >= 0.3 is 0 Å². The number of aromatic nitrogens is 4. The number of aryl methyl sites for hydroxylation is 3. The Hall–Kier alpha value is -2.74. The van der Waals surface area contributed by atoms with Crippen molar-refractivity contribution in [1.29, 1.82) is 0 Å². The number of carbonyl (C=O) groups excluding carboxylic acids is 1. The molecule has 1 aromatic heterocycles. The standard InChI is InChI=1S/C19H20FN5OS/c1-11-6-8-16(9-13(11)3)25-19(22-23-24-25)27-14(4)18(26)21-15-7-5-12(2)17(20)10-15/h5-10,14H,1-4H3,(H,21,26)/t14-/m1/s1. The van der Waals surface area contributed by atoms with Crippen LogP contribution in [0.25, 0.3) is 5.69 Å². The lowest BCUT2D eigenvalue weighted by Gasteiger charge is -2.12. The van der Waals surface area contributed by atoms with Gasteiger partial charge in [-0.1, -0.05) is 23.9 Å². The van der Waals surface area contributed by atoms with Crippen LogP contribution in [-0.2, 0) is 4.79 Å². The number of anilines is 1. The number of benzene rings is 2. The maximum Gasteiger partial charge on any atom is 0.237 e. The van der Waals surface area contributed by atoms with Gasteiger partial charge in [-0.2, -0.15) is 4.68 Å². The highest BCUT2D eigenvalue weighted by molar-refractivity contribution is 8.00. The molecule has 0 aliphatic carbocycles. The van der Waals surface area contributed by atoms with Crippen molar-refractivity contribution < 1.29 is 9.18 Å². The maximum absolute atomic E-state index is 13.7. The molecule has 0 saturated carbocycles. The molecule has 3 aromatic rings. The summed E-state index contributed by atoms with van der Waals surface area (Å²) in [5.74, 6) is -0.607. The molecule has 0 fully saturated rings. The van der Waals surface area contributed by atoms with Gasteiger partial charge in [-0.25, -0.2) is 4.39 Å². The predicted molar refractivity (Wildman–Crippen MR) is 104 cm³/mol. The quantitative estimate of drug-likeness (QED) is 0.676. The molecule has 1 N–H and O–H groups in total. The first-order valence-corrected chi connectivity index (χ1v) is 9.33. The second kappa shape index (κ2) is 7.87. The second-order valence-electron chi connectivity index (χ2n) is 6.36. The number of nitrogens with zero attached hydrogens (tertiary/aromatic N) is 4. The summed E-state index contributed by atoms with van der Waals surface area (Å²) in [5.41, 5.74) is 4.09. The number of nitrogens with one attached hydrogen (secondary N) is 1. The van der Waals surface area contributed by atoms with E-state index in [1.807, 2.05) is 32.0 Å². The molecule has 27 heavy (non-hydrogen) atoms. The van der Waals surface area contributed by atoms with Crippen molar-refractivity contribution in [1.82, 2.24) is 20.2 Å². The molecule has 1 amide bonds. The lowest BCUT2D eigenvalue weighted by atomic mass is 10.1. The molecular weight excluding hydrogens is 365 g/mol. The number of hydrogen-bond acceptors (Lipinski definition) is 5. The highest BCUT2D eigenvalue weighted by Gasteiger charge is 2.20. The molecule has 0 spiro atoms. The average Bonchev–Trinajstić information content (AvgIpc) is 3.08. The van der Waals surface area contributed by atoms with Gasteiger partial charge in [0.2, 0.25) is 11.1 Å². The van der Waals surface area contributed by atoms with Gasteiger partial charge in [-0.15, -0.1) is 5.10 Å². The Labute approximate surface area is 161 Å². The highest BCUT2D eigenvalue weighted by atomic mass is 32.2. The number of rotatable bonds is 5. The van der Waals surface area contributed by atoms with Crippen molar-refractivity contribution in [2.24, 2.45) is 0 Å². The Balaban J connectivity index is 1.73. The summed E-state index contributed by atoms with van der Waals surface area (Å²) in [6, 6.07) is 10.5. The molecule has 1 atom stereocenters. The minimum absolute atomic E-state index is 0.252. The number of carbonyl (C=O) groups is 1. The van der Waals surface area contributed by atoms with Crippen molar-refractivity contribution in [3.63, 3.8) is 0 Å². The maximum atomic E-state index is 13.7. The zero-order chi connectivity index (χ0) is 19.6. The zero-order valence-electron chi connectivity index (χ0n) is 15.5. The van der Waals surface area contributed by atoms with E-state index in [0.717, 1.165) is 11.3 Å². The van der Waals surface area contributed by atoms with Crippen molar-refractivity contribution in [2.75, 3.05) is 5.32 Å². The second-order valence-corrected chi connectivity index (χ2v) is 7.66. The van der Waals surface area contributed by atoms with Crippen LogP contribution in [-0.4, -0.2) is 31.4 Å². The zero-order valence-corrected chi connectivity index (χ0v) is 16.3. The molecule has 0 radical (unpaired) electrons. The van der Waals surface area contributed by atoms with Gasteiger partial charge in [-0.05, 0) is 79.1 Å². The topological polar surface area (TPSA) is 72.7 Å². The summed E-state index contributed by atoms with van der Waals surface area (Å²) in [7, 11) is 0. The van der Waals surface area contributed by atoms with Gasteiger partial charge in [-0.3, -0.25) is 4.79 Å². The van der Waals surface area contributed by atoms with E-state index in [9.17, 15) is 9.18 Å². The van der Waals surface area contributed by atoms with Crippen LogP contribution in [0.5, 0.6) is 0 Å². The first-order valence-electron chi connectivity index (χ1n) is 8.45. The summed E-state index contributed by atoms with van der Waals surface area (Å²) in [4.78, 5) is 12.4. The fraction of sp³-hybridized carbons (Fsp3) is 0.263. The first-order chi connectivity index (χ1) is 12.8. The van der Waals surface area contributed by atoms with Gasteiger partial charge in [0.15, 0.2) is 0 Å². The Morgan fingerprint density at radius 1 is 1.11 bits per heavy atom. The van der Waals surface area contributed by atoms with Crippen LogP contribution in [0.4, 0.5) is 10.1 Å². The molecule has 140 valence electrons. The van der Waals surface area contributed by atoms with E-state index in [1.165, 1.54) is 23.4 Å². The van der Waals surface area contributed by atoms with Crippen LogP contribution in [0.3, 0.4) is 0 Å². The fourth-order valence-electron chi connectivity index (χ4n) is 2.40. The molecule has 0 aliphatic rings. The smallest absolute Gasteiger partial charge is 0.237 e. The fourth-order valence-corrected chi connectivity index (χ4v) is 3.21. The van der Waals surface area contributed by atoms with Gasteiger partial charge < -0.3 is 5.32 Å². The molecule has 0 bridgehead atoms. The van der Waals surface area contributed by atoms with E-state index in [0.29, 0.717) is 16.4 Å². The van der Waals surface area contributed by atoms with Crippen molar-refractivity contribution in [2.45, 2.75) is 38.1 Å². The third-order valence-corrected chi connectivity index (χ3v) is 5.30. The van der Waals surface area contributed by atoms with E-state index >= 15 is 0 Å². The third-order valence-electron chi connectivity index (χ3n) is 4.27. The molecule has 0 unspecified atom stereocenters.